The predicted octanol–water partition coefficient (Wildman–Crippen LogP) is 2.34. The molecule has 1 aromatic carbocycles. The van der Waals surface area contributed by atoms with E-state index in [1.165, 1.54) is 20.8 Å². The number of likely N-dealkylation sites (tertiary alicyclic amines) is 1. The van der Waals surface area contributed by atoms with Crippen LogP contribution in [0.2, 0.25) is 0 Å². The van der Waals surface area contributed by atoms with Gasteiger partial charge in [-0.15, -0.1) is 0 Å². The Morgan fingerprint density at radius 3 is 2.29 bits per heavy atom. The summed E-state index contributed by atoms with van der Waals surface area (Å²) >= 11 is 0. The minimum Gasteiger partial charge on any atom is -0.298 e. The van der Waals surface area contributed by atoms with Gasteiger partial charge in [-0.1, -0.05) is 0 Å². The number of rotatable bonds is 2. The molecule has 2 fully saturated rings. The highest BCUT2D eigenvalue weighted by Crippen LogP contribution is 2.38. The van der Waals surface area contributed by atoms with Gasteiger partial charge in [-0.25, -0.2) is 8.78 Å². The van der Waals surface area contributed by atoms with Crippen LogP contribution in [0.5, 0.6) is 0 Å². The summed E-state index contributed by atoms with van der Waals surface area (Å²) in [6, 6.07) is -1.02. The number of hydrogen-bond donors (Lipinski definition) is 1. The van der Waals surface area contributed by atoms with Crippen molar-refractivity contribution in [3.05, 3.63) is 34.4 Å². The number of halogens is 2. The molecular weight excluding hydrogens is 408 g/mol. The fraction of sp³-hybridized carbons (Fsp3) is 0.545. The van der Waals surface area contributed by atoms with Gasteiger partial charge in [-0.05, 0) is 70.5 Å². The Morgan fingerprint density at radius 2 is 1.71 bits per heavy atom. The number of benzene rings is 1. The Bertz CT molecular complexity index is 1300. The second-order valence-electron chi connectivity index (χ2n) is 8.42. The van der Waals surface area contributed by atoms with Gasteiger partial charge in [0.1, 0.15) is 6.04 Å². The van der Waals surface area contributed by atoms with E-state index in [4.69, 9.17) is 11.0 Å². The van der Waals surface area contributed by atoms with E-state index in [1.807, 2.05) is 5.32 Å². The molecule has 0 bridgehead atoms. The average Bonchev–Trinajstić information content (AvgIpc) is 2.99. The molecule has 7 nitrogen and oxygen atoms in total. The van der Waals surface area contributed by atoms with E-state index in [2.05, 4.69) is 0 Å². The summed E-state index contributed by atoms with van der Waals surface area (Å²) in [5.41, 5.74) is -4.59. The zero-order valence-electron chi connectivity index (χ0n) is 24.9. The monoisotopic (exact) mass is 441 g/mol. The molecule has 0 unspecified atom stereocenters. The molecule has 1 atom stereocenters. The molecule has 0 saturated carbocycles. The highest BCUT2D eigenvalue weighted by atomic mass is 19.2. The van der Waals surface area contributed by atoms with Crippen molar-refractivity contribution in [3.63, 3.8) is 0 Å². The van der Waals surface area contributed by atoms with Crippen molar-refractivity contribution in [1.82, 2.24) is 15.1 Å². The largest absolute Gasteiger partial charge is 0.298 e. The van der Waals surface area contributed by atoms with Crippen LogP contribution in [0.15, 0.2) is 6.07 Å². The van der Waals surface area contributed by atoms with Crippen molar-refractivity contribution < 1.29 is 38.9 Å². The highest BCUT2D eigenvalue weighted by Gasteiger charge is 2.47. The summed E-state index contributed by atoms with van der Waals surface area (Å²) in [4.78, 5) is 50.6. The molecular formula is C22H25F2N3O4. The van der Waals surface area contributed by atoms with Gasteiger partial charge in [-0.3, -0.25) is 34.3 Å². The number of carbonyl (C=O) groups excluding carboxylic acids is 4. The molecule has 0 aromatic heterocycles. The van der Waals surface area contributed by atoms with E-state index < -0.39 is 95.2 Å². The second-order valence-corrected chi connectivity index (χ2v) is 8.42. The fourth-order valence-corrected chi connectivity index (χ4v) is 3.60. The molecule has 9 heteroatoms. The second kappa shape index (κ2) is 7.47. The van der Waals surface area contributed by atoms with E-state index in [-0.39, 0.29) is 12.8 Å². The number of fused-ring (bicyclic) bond motifs is 1. The SMILES string of the molecule is [2H]C1([2H])C(c2cc3c(c(F)c2F)C(=O)N([C@H]2CCC(=O)NC2=O)C3=O)C([2H])([2H])C([2H])([2H])N(C(C)(C)C)C1([2H])[2H]. The van der Waals surface area contributed by atoms with Crippen LogP contribution < -0.4 is 5.32 Å². The topological polar surface area (TPSA) is 86.8 Å². The van der Waals surface area contributed by atoms with Crippen LogP contribution in [0.4, 0.5) is 8.78 Å². The predicted molar refractivity (Wildman–Crippen MR) is 106 cm³/mol. The first-order valence-electron chi connectivity index (χ1n) is 13.6. The number of amides is 4. The molecule has 31 heavy (non-hydrogen) atoms. The summed E-state index contributed by atoms with van der Waals surface area (Å²) < 4.78 is 99.3. The molecule has 3 aliphatic heterocycles. The van der Waals surface area contributed by atoms with Gasteiger partial charge in [0.05, 0.1) is 11.1 Å². The van der Waals surface area contributed by atoms with E-state index in [0.29, 0.717) is 15.9 Å². The standard InChI is InChI=1S/C22H25F2N3O4/c1-22(2,3)26-8-6-11(7-9-26)12-10-13-16(18(24)17(12)23)21(31)27(20(13)30)14-4-5-15(28)25-19(14)29/h10-11,14H,4-9H2,1-3H3,(H,25,28,29)/t14-/m0/s1/i6D2,7D2,8D2,9D2. The lowest BCUT2D eigenvalue weighted by molar-refractivity contribution is -0.136. The van der Waals surface area contributed by atoms with Crippen molar-refractivity contribution in [2.45, 2.75) is 63.9 Å². The molecule has 4 rings (SSSR count). The molecule has 1 N–H and O–H groups in total. The molecule has 0 aliphatic carbocycles. The molecule has 0 spiro atoms. The number of imide groups is 2. The van der Waals surface area contributed by atoms with Crippen molar-refractivity contribution in [3.8, 4) is 0 Å². The molecule has 4 amide bonds. The van der Waals surface area contributed by atoms with Crippen LogP contribution in [0.1, 0.15) is 89.5 Å². The zero-order chi connectivity index (χ0) is 29.8. The summed E-state index contributed by atoms with van der Waals surface area (Å²) in [7, 11) is 0. The summed E-state index contributed by atoms with van der Waals surface area (Å²) in [5.74, 6) is -10.9. The van der Waals surface area contributed by atoms with E-state index in [9.17, 15) is 19.2 Å². The van der Waals surface area contributed by atoms with E-state index >= 15 is 8.78 Å². The van der Waals surface area contributed by atoms with Crippen molar-refractivity contribution >= 4 is 23.6 Å². The third-order valence-corrected chi connectivity index (χ3v) is 5.26. The van der Waals surface area contributed by atoms with Crippen molar-refractivity contribution in [2.24, 2.45) is 0 Å². The third-order valence-electron chi connectivity index (χ3n) is 5.26. The Hall–Kier alpha value is -2.68. The lowest BCUT2D eigenvalue weighted by Crippen LogP contribution is -2.54. The zero-order valence-corrected chi connectivity index (χ0v) is 16.9. The minimum absolute atomic E-state index is 0.247. The maximum atomic E-state index is 15.6. The van der Waals surface area contributed by atoms with Crippen molar-refractivity contribution in [2.75, 3.05) is 13.0 Å². The minimum atomic E-state index is -3.41. The van der Waals surface area contributed by atoms with Gasteiger partial charge in [0.15, 0.2) is 11.6 Å². The quantitative estimate of drug-likeness (QED) is 0.712. The Morgan fingerprint density at radius 1 is 1.06 bits per heavy atom. The maximum Gasteiger partial charge on any atom is 0.265 e. The van der Waals surface area contributed by atoms with E-state index in [0.717, 1.165) is 0 Å². The first-order valence-corrected chi connectivity index (χ1v) is 9.56. The summed E-state index contributed by atoms with van der Waals surface area (Å²) in [6.07, 6.45) is -7.36. The molecule has 2 saturated heterocycles. The fourth-order valence-electron chi connectivity index (χ4n) is 3.60. The third kappa shape index (κ3) is 3.54. The number of piperidine rings is 2. The van der Waals surface area contributed by atoms with Gasteiger partial charge in [0, 0.05) is 22.9 Å². The number of nitrogens with zero attached hydrogens (tertiary/aromatic N) is 2. The molecule has 3 aliphatic rings. The summed E-state index contributed by atoms with van der Waals surface area (Å²) in [6.45, 7) is -2.58. The maximum absolute atomic E-state index is 15.6. The van der Waals surface area contributed by atoms with Crippen LogP contribution >= 0.6 is 0 Å². The van der Waals surface area contributed by atoms with E-state index in [1.54, 1.807) is 0 Å². The van der Waals surface area contributed by atoms with Crippen LogP contribution in [-0.2, 0) is 9.59 Å². The van der Waals surface area contributed by atoms with Crippen LogP contribution in [0, 0.1) is 11.6 Å². The number of nitrogens with one attached hydrogen (secondary N) is 1. The van der Waals surface area contributed by atoms with Gasteiger partial charge in [-0.2, -0.15) is 0 Å². The smallest absolute Gasteiger partial charge is 0.265 e. The van der Waals surface area contributed by atoms with Gasteiger partial charge < -0.3 is 0 Å². The molecule has 166 valence electrons. The summed E-state index contributed by atoms with van der Waals surface area (Å²) in [5, 5.41) is 1.94. The first-order chi connectivity index (χ1) is 17.5. The van der Waals surface area contributed by atoms with Gasteiger partial charge in [0.2, 0.25) is 11.8 Å². The van der Waals surface area contributed by atoms with Crippen LogP contribution in [0.25, 0.3) is 0 Å². The first kappa shape index (κ1) is 13.7. The lowest BCUT2D eigenvalue weighted by Gasteiger charge is -2.41. The van der Waals surface area contributed by atoms with Crippen molar-refractivity contribution in [1.29, 1.82) is 0 Å². The number of hydrogen-bond acceptors (Lipinski definition) is 5. The molecule has 1 aromatic rings. The Labute approximate surface area is 190 Å². The number of carbonyl (C=O) groups is 4. The molecule has 0 radical (unpaired) electrons. The van der Waals surface area contributed by atoms with Gasteiger partial charge in [0.25, 0.3) is 11.8 Å². The van der Waals surface area contributed by atoms with Crippen LogP contribution in [-0.4, -0.2) is 58.0 Å². The molecule has 3 heterocycles. The lowest BCUT2D eigenvalue weighted by atomic mass is 9.85. The average molecular weight is 442 g/mol. The highest BCUT2D eigenvalue weighted by molar-refractivity contribution is 6.23. The Kier molecular flexibility index (Phi) is 3.30. The van der Waals surface area contributed by atoms with Crippen LogP contribution in [0.3, 0.4) is 0 Å². The normalized spacial score (nSPS) is 33.7. The Balaban J connectivity index is 1.92. The van der Waals surface area contributed by atoms with Gasteiger partial charge >= 0.3 is 0 Å².